The number of aromatic nitrogens is 6. The van der Waals surface area contributed by atoms with E-state index in [1.165, 1.54) is 9.13 Å². The van der Waals surface area contributed by atoms with Crippen LogP contribution in [0.3, 0.4) is 0 Å². The van der Waals surface area contributed by atoms with Crippen LogP contribution in [0.5, 0.6) is 0 Å². The van der Waals surface area contributed by atoms with Crippen molar-refractivity contribution in [1.82, 2.24) is 34.0 Å². The topological polar surface area (TPSA) is 129 Å². The van der Waals surface area contributed by atoms with Gasteiger partial charge >= 0.3 is 11.8 Å². The highest BCUT2D eigenvalue weighted by Crippen LogP contribution is 2.24. The van der Waals surface area contributed by atoms with E-state index >= 15 is 0 Å². The van der Waals surface area contributed by atoms with Gasteiger partial charge in [0.25, 0.3) is 5.56 Å². The van der Waals surface area contributed by atoms with Gasteiger partial charge in [-0.15, -0.1) is 0 Å². The summed E-state index contributed by atoms with van der Waals surface area (Å²) in [7, 11) is 1.62. The summed E-state index contributed by atoms with van der Waals surface area (Å²) in [5.74, 6) is 0.987. The first-order chi connectivity index (χ1) is 19.0. The first-order valence-electron chi connectivity index (χ1n) is 13.6. The van der Waals surface area contributed by atoms with Crippen molar-refractivity contribution in [2.24, 2.45) is 7.05 Å². The number of ether oxygens (including phenoxy) is 1. The number of alkyl carbamates (subject to hydrolysis) is 1. The molecule has 3 aromatic heterocycles. The average molecular weight is 549 g/mol. The summed E-state index contributed by atoms with van der Waals surface area (Å²) >= 11 is 0. The van der Waals surface area contributed by atoms with E-state index in [1.54, 1.807) is 7.05 Å². The van der Waals surface area contributed by atoms with Crippen LogP contribution in [-0.4, -0.2) is 59.5 Å². The van der Waals surface area contributed by atoms with Gasteiger partial charge in [0.2, 0.25) is 5.95 Å². The van der Waals surface area contributed by atoms with Crippen LogP contribution in [-0.2, 0) is 24.9 Å². The van der Waals surface area contributed by atoms with Crippen LogP contribution in [0.2, 0.25) is 0 Å². The van der Waals surface area contributed by atoms with Gasteiger partial charge in [-0.25, -0.2) is 19.6 Å². The highest BCUT2D eigenvalue weighted by atomic mass is 16.6. The van der Waals surface area contributed by atoms with Gasteiger partial charge in [-0.05, 0) is 53.5 Å². The van der Waals surface area contributed by atoms with Crippen LogP contribution < -0.4 is 21.5 Å². The molecule has 12 nitrogen and oxygen atoms in total. The monoisotopic (exact) mass is 548 g/mol. The maximum Gasteiger partial charge on any atom is 0.407 e. The number of piperidine rings is 1. The third-order valence-corrected chi connectivity index (χ3v) is 7.09. The van der Waals surface area contributed by atoms with Crippen molar-refractivity contribution in [2.75, 3.05) is 18.0 Å². The van der Waals surface area contributed by atoms with Crippen LogP contribution in [0.1, 0.15) is 52.1 Å². The Morgan fingerprint density at radius 1 is 1.12 bits per heavy atom. The number of hydrogen-bond acceptors (Lipinski definition) is 8. The molecule has 1 aliphatic rings. The number of benzene rings is 1. The van der Waals surface area contributed by atoms with Gasteiger partial charge in [0.05, 0.1) is 12.1 Å². The third kappa shape index (κ3) is 5.17. The number of imidazole rings is 1. The molecule has 4 heterocycles. The molecule has 0 bridgehead atoms. The van der Waals surface area contributed by atoms with Gasteiger partial charge in [0, 0.05) is 43.8 Å². The first-order valence-corrected chi connectivity index (χ1v) is 13.6. The number of aryl methyl sites for hydroxylation is 3. The van der Waals surface area contributed by atoms with E-state index in [9.17, 15) is 14.4 Å². The molecule has 0 unspecified atom stereocenters. The minimum atomic E-state index is -0.587. The van der Waals surface area contributed by atoms with Crippen molar-refractivity contribution < 1.29 is 9.53 Å². The molecular formula is C28H36N8O4. The van der Waals surface area contributed by atoms with Crippen molar-refractivity contribution in [3.05, 3.63) is 56.6 Å². The minimum Gasteiger partial charge on any atom is -0.444 e. The molecule has 1 aromatic carbocycles. The van der Waals surface area contributed by atoms with Gasteiger partial charge in [-0.1, -0.05) is 18.2 Å². The Morgan fingerprint density at radius 2 is 1.88 bits per heavy atom. The standard InChI is InChI=1S/C28H36N8O4/c1-7-35-22-23(32-25(35)34-14-10-11-18(15-34)30-26(38)40-28(3,4)5)33(6)27(39)36(24(22)37)16-21-29-17(2)19-12-8-9-13-20(19)31-21/h8-9,12-13,18H,7,10-11,14-16H2,1-6H3,(H,30,38)/t18-/m1/s1. The SMILES string of the molecule is CCn1c(N2CCC[C@@H](NC(=O)OC(C)(C)C)C2)nc2c1c(=O)n(Cc1nc(C)c3ccccc3n1)c(=O)n2C. The number of nitrogens with zero attached hydrogens (tertiary/aromatic N) is 7. The van der Waals surface area contributed by atoms with Crippen LogP contribution in [0.4, 0.5) is 10.7 Å². The van der Waals surface area contributed by atoms with Crippen molar-refractivity contribution in [1.29, 1.82) is 0 Å². The van der Waals surface area contributed by atoms with Gasteiger partial charge in [0.1, 0.15) is 11.4 Å². The molecule has 1 saturated heterocycles. The molecule has 1 atom stereocenters. The normalized spacial score (nSPS) is 16.1. The molecule has 0 spiro atoms. The van der Waals surface area contributed by atoms with Crippen molar-refractivity contribution in [3.63, 3.8) is 0 Å². The fourth-order valence-electron chi connectivity index (χ4n) is 5.30. The molecule has 40 heavy (non-hydrogen) atoms. The maximum atomic E-state index is 13.8. The summed E-state index contributed by atoms with van der Waals surface area (Å²) in [6.45, 7) is 11.0. The molecule has 4 aromatic rings. The Labute approximate surface area is 231 Å². The minimum absolute atomic E-state index is 0.0526. The second-order valence-corrected chi connectivity index (χ2v) is 11.2. The lowest BCUT2D eigenvalue weighted by Crippen LogP contribution is -2.49. The molecule has 1 amide bonds. The molecule has 5 rings (SSSR count). The number of carbonyl (C=O) groups is 1. The highest BCUT2D eigenvalue weighted by molar-refractivity contribution is 5.80. The fourth-order valence-corrected chi connectivity index (χ4v) is 5.30. The Morgan fingerprint density at radius 3 is 2.60 bits per heavy atom. The number of rotatable bonds is 5. The molecule has 0 aliphatic carbocycles. The number of carbonyl (C=O) groups excluding carboxylic acids is 1. The zero-order valence-corrected chi connectivity index (χ0v) is 23.9. The van der Waals surface area contributed by atoms with Crippen LogP contribution in [0.25, 0.3) is 22.1 Å². The number of fused-ring (bicyclic) bond motifs is 2. The second kappa shape index (κ2) is 10.4. The lowest BCUT2D eigenvalue weighted by molar-refractivity contribution is 0.0499. The summed E-state index contributed by atoms with van der Waals surface area (Å²) in [4.78, 5) is 55.6. The van der Waals surface area contributed by atoms with Crippen molar-refractivity contribution in [3.8, 4) is 0 Å². The molecular weight excluding hydrogens is 512 g/mol. The molecule has 12 heteroatoms. The van der Waals surface area contributed by atoms with E-state index in [2.05, 4.69) is 20.2 Å². The Kier molecular flexibility index (Phi) is 7.11. The molecule has 212 valence electrons. The summed E-state index contributed by atoms with van der Waals surface area (Å²) in [5, 5.41) is 3.88. The Hall–Kier alpha value is -4.22. The molecule has 1 fully saturated rings. The lowest BCUT2D eigenvalue weighted by atomic mass is 10.1. The predicted molar refractivity (Wildman–Crippen MR) is 153 cm³/mol. The van der Waals surface area contributed by atoms with Crippen LogP contribution in [0.15, 0.2) is 33.9 Å². The Balaban J connectivity index is 1.51. The number of hydrogen-bond donors (Lipinski definition) is 1. The third-order valence-electron chi connectivity index (χ3n) is 7.09. The molecule has 0 saturated carbocycles. The summed E-state index contributed by atoms with van der Waals surface area (Å²) in [6.07, 6.45) is 1.17. The molecule has 1 aliphatic heterocycles. The zero-order valence-electron chi connectivity index (χ0n) is 23.9. The molecule has 1 N–H and O–H groups in total. The molecule has 0 radical (unpaired) electrons. The highest BCUT2D eigenvalue weighted by Gasteiger charge is 2.29. The van der Waals surface area contributed by atoms with E-state index in [4.69, 9.17) is 9.72 Å². The zero-order chi connectivity index (χ0) is 28.8. The summed E-state index contributed by atoms with van der Waals surface area (Å²) in [6, 6.07) is 7.52. The fraction of sp³-hybridized carbons (Fsp3) is 0.500. The smallest absolute Gasteiger partial charge is 0.407 e. The predicted octanol–water partition coefficient (Wildman–Crippen LogP) is 2.71. The number of nitrogens with one attached hydrogen (secondary N) is 1. The second-order valence-electron chi connectivity index (χ2n) is 11.2. The number of amides is 1. The summed E-state index contributed by atoms with van der Waals surface area (Å²) < 4.78 is 9.85. The largest absolute Gasteiger partial charge is 0.444 e. The maximum absolute atomic E-state index is 13.8. The van der Waals surface area contributed by atoms with E-state index < -0.39 is 22.9 Å². The summed E-state index contributed by atoms with van der Waals surface area (Å²) in [5.41, 5.74) is 0.704. The number of para-hydroxylation sites is 1. The first kappa shape index (κ1) is 27.4. The van der Waals surface area contributed by atoms with Gasteiger partial charge in [0.15, 0.2) is 11.2 Å². The number of anilines is 1. The lowest BCUT2D eigenvalue weighted by Gasteiger charge is -2.34. The van der Waals surface area contributed by atoms with E-state index in [-0.39, 0.29) is 12.6 Å². The van der Waals surface area contributed by atoms with Gasteiger partial charge in [-0.3, -0.25) is 13.9 Å². The van der Waals surface area contributed by atoms with Gasteiger partial charge < -0.3 is 19.5 Å². The van der Waals surface area contributed by atoms with Crippen LogP contribution >= 0.6 is 0 Å². The van der Waals surface area contributed by atoms with Crippen molar-refractivity contribution in [2.45, 2.75) is 72.2 Å². The van der Waals surface area contributed by atoms with Gasteiger partial charge in [-0.2, -0.15) is 4.98 Å². The van der Waals surface area contributed by atoms with E-state index in [0.717, 1.165) is 29.4 Å². The van der Waals surface area contributed by atoms with Crippen molar-refractivity contribution >= 4 is 34.1 Å². The van der Waals surface area contributed by atoms with Crippen LogP contribution in [0, 0.1) is 6.92 Å². The Bertz CT molecular complexity index is 1710. The average Bonchev–Trinajstić information content (AvgIpc) is 3.29. The van der Waals surface area contributed by atoms with E-state index in [1.807, 2.05) is 63.5 Å². The quantitative estimate of drug-likeness (QED) is 0.403. The van der Waals surface area contributed by atoms with E-state index in [0.29, 0.717) is 42.6 Å².